The molecule has 0 aliphatic rings. The largest absolute Gasteiger partial charge is 0.352 e. The molecule has 1 heterocycles. The smallest absolute Gasteiger partial charge is 0.251 e. The zero-order valence-electron chi connectivity index (χ0n) is 16.6. The summed E-state index contributed by atoms with van der Waals surface area (Å²) in [4.78, 5) is 21.0. The van der Waals surface area contributed by atoms with Crippen molar-refractivity contribution in [2.45, 2.75) is 27.2 Å². The van der Waals surface area contributed by atoms with E-state index >= 15 is 0 Å². The summed E-state index contributed by atoms with van der Waals surface area (Å²) in [7, 11) is 0. The van der Waals surface area contributed by atoms with E-state index in [1.54, 1.807) is 6.33 Å². The van der Waals surface area contributed by atoms with Crippen molar-refractivity contribution >= 4 is 17.4 Å². The normalized spacial score (nSPS) is 10.7. The van der Waals surface area contributed by atoms with Crippen molar-refractivity contribution in [3.63, 3.8) is 0 Å². The molecule has 0 saturated heterocycles. The molecule has 0 aliphatic carbocycles. The summed E-state index contributed by atoms with van der Waals surface area (Å²) in [6.07, 6.45) is 2.51. The maximum Gasteiger partial charge on any atom is 0.251 e. The highest BCUT2D eigenvalue weighted by Gasteiger charge is 2.07. The van der Waals surface area contributed by atoms with E-state index in [1.165, 1.54) is 5.56 Å². The van der Waals surface area contributed by atoms with Crippen LogP contribution in [0.5, 0.6) is 0 Å². The first kappa shape index (κ1) is 19.5. The predicted octanol–water partition coefficient (Wildman–Crippen LogP) is 4.97. The summed E-state index contributed by atoms with van der Waals surface area (Å²) in [6.45, 7) is 7.02. The van der Waals surface area contributed by atoms with E-state index in [4.69, 9.17) is 0 Å². The Morgan fingerprint density at radius 1 is 1.04 bits per heavy atom. The average Bonchev–Trinajstić information content (AvgIpc) is 2.68. The van der Waals surface area contributed by atoms with Crippen molar-refractivity contribution in [3.8, 4) is 11.3 Å². The molecule has 5 nitrogen and oxygen atoms in total. The fraction of sp³-hybridized carbons (Fsp3) is 0.261. The van der Waals surface area contributed by atoms with Gasteiger partial charge >= 0.3 is 0 Å². The molecule has 28 heavy (non-hydrogen) atoms. The number of nitrogens with zero attached hydrogens (tertiary/aromatic N) is 2. The van der Waals surface area contributed by atoms with Crippen LogP contribution in [0.3, 0.4) is 0 Å². The standard InChI is InChI=1S/C23H26N4O/c1-16(2)11-12-24-23(28)19-5-4-6-20(13-19)27-22-14-21(25-15-26-22)18-9-7-17(3)8-10-18/h4-10,13-16H,11-12H2,1-3H3,(H,24,28)(H,25,26,27). The van der Waals surface area contributed by atoms with Crippen molar-refractivity contribution < 1.29 is 4.79 Å². The number of amides is 1. The third kappa shape index (κ3) is 5.39. The molecule has 0 atom stereocenters. The number of anilines is 2. The van der Waals surface area contributed by atoms with Crippen LogP contribution in [0.15, 0.2) is 60.9 Å². The Labute approximate surface area is 166 Å². The number of rotatable bonds is 7. The monoisotopic (exact) mass is 374 g/mol. The van der Waals surface area contributed by atoms with Crippen LogP contribution in [0, 0.1) is 12.8 Å². The lowest BCUT2D eigenvalue weighted by atomic mass is 10.1. The van der Waals surface area contributed by atoms with E-state index in [0.29, 0.717) is 23.8 Å². The van der Waals surface area contributed by atoms with E-state index in [1.807, 2.05) is 42.5 Å². The van der Waals surface area contributed by atoms with E-state index in [-0.39, 0.29) is 5.91 Å². The van der Waals surface area contributed by atoms with Gasteiger partial charge in [-0.05, 0) is 37.5 Å². The van der Waals surface area contributed by atoms with Gasteiger partial charge in [-0.25, -0.2) is 9.97 Å². The van der Waals surface area contributed by atoms with E-state index in [0.717, 1.165) is 23.4 Å². The quantitative estimate of drug-likeness (QED) is 0.613. The number of hydrogen-bond donors (Lipinski definition) is 2. The zero-order chi connectivity index (χ0) is 19.9. The number of benzene rings is 2. The maximum absolute atomic E-state index is 12.3. The summed E-state index contributed by atoms with van der Waals surface area (Å²) in [5, 5.41) is 6.23. The number of carbonyl (C=O) groups is 1. The van der Waals surface area contributed by atoms with Gasteiger partial charge < -0.3 is 10.6 Å². The summed E-state index contributed by atoms with van der Waals surface area (Å²) in [5.74, 6) is 1.18. The Bertz CT molecular complexity index is 935. The highest BCUT2D eigenvalue weighted by atomic mass is 16.1. The fourth-order valence-corrected chi connectivity index (χ4v) is 2.77. The van der Waals surface area contributed by atoms with E-state index < -0.39 is 0 Å². The Hall–Kier alpha value is -3.21. The highest BCUT2D eigenvalue weighted by molar-refractivity contribution is 5.95. The van der Waals surface area contributed by atoms with Crippen LogP contribution < -0.4 is 10.6 Å². The average molecular weight is 374 g/mol. The van der Waals surface area contributed by atoms with Gasteiger partial charge in [-0.2, -0.15) is 0 Å². The van der Waals surface area contributed by atoms with Crippen LogP contribution in [0.2, 0.25) is 0 Å². The fourth-order valence-electron chi connectivity index (χ4n) is 2.77. The van der Waals surface area contributed by atoms with E-state index in [9.17, 15) is 4.79 Å². The lowest BCUT2D eigenvalue weighted by molar-refractivity contribution is 0.0952. The van der Waals surface area contributed by atoms with Crippen molar-refractivity contribution in [1.82, 2.24) is 15.3 Å². The molecule has 2 N–H and O–H groups in total. The molecule has 0 aliphatic heterocycles. The highest BCUT2D eigenvalue weighted by Crippen LogP contribution is 2.22. The molecule has 3 aromatic rings. The molecule has 3 rings (SSSR count). The van der Waals surface area contributed by atoms with Gasteiger partial charge in [0.1, 0.15) is 12.1 Å². The summed E-state index contributed by atoms with van der Waals surface area (Å²) in [6, 6.07) is 17.5. The molecule has 0 unspecified atom stereocenters. The number of aryl methyl sites for hydroxylation is 1. The lowest BCUT2D eigenvalue weighted by Crippen LogP contribution is -2.25. The second-order valence-electron chi connectivity index (χ2n) is 7.30. The van der Waals surface area contributed by atoms with Gasteiger partial charge in [0.25, 0.3) is 5.91 Å². The Kier molecular flexibility index (Phi) is 6.37. The molecule has 0 radical (unpaired) electrons. The van der Waals surface area contributed by atoms with Crippen molar-refractivity contribution in [2.75, 3.05) is 11.9 Å². The van der Waals surface area contributed by atoms with Crippen LogP contribution in [-0.2, 0) is 0 Å². The van der Waals surface area contributed by atoms with Crippen molar-refractivity contribution in [2.24, 2.45) is 5.92 Å². The molecule has 1 aromatic heterocycles. The van der Waals surface area contributed by atoms with Crippen molar-refractivity contribution in [3.05, 3.63) is 72.1 Å². The molecule has 0 saturated carbocycles. The zero-order valence-corrected chi connectivity index (χ0v) is 16.6. The minimum Gasteiger partial charge on any atom is -0.352 e. The second-order valence-corrected chi connectivity index (χ2v) is 7.30. The molecule has 5 heteroatoms. The minimum absolute atomic E-state index is 0.0627. The lowest BCUT2D eigenvalue weighted by Gasteiger charge is -2.10. The predicted molar refractivity (Wildman–Crippen MR) is 114 cm³/mol. The molecule has 2 aromatic carbocycles. The maximum atomic E-state index is 12.3. The first-order valence-corrected chi connectivity index (χ1v) is 9.55. The topological polar surface area (TPSA) is 66.9 Å². The van der Waals surface area contributed by atoms with Crippen LogP contribution >= 0.6 is 0 Å². The molecular formula is C23H26N4O. The van der Waals surface area contributed by atoms with Crippen LogP contribution in [0.1, 0.15) is 36.2 Å². The van der Waals surface area contributed by atoms with Crippen molar-refractivity contribution in [1.29, 1.82) is 0 Å². The molecule has 1 amide bonds. The molecule has 144 valence electrons. The Morgan fingerprint density at radius 2 is 1.82 bits per heavy atom. The SMILES string of the molecule is Cc1ccc(-c2cc(Nc3cccc(C(=O)NCCC(C)C)c3)ncn2)cc1. The van der Waals surface area contributed by atoms with E-state index in [2.05, 4.69) is 53.5 Å². The number of hydrogen-bond acceptors (Lipinski definition) is 4. The van der Waals surface area contributed by atoms with Gasteiger partial charge in [0.2, 0.25) is 0 Å². The first-order chi connectivity index (χ1) is 13.5. The third-order valence-corrected chi connectivity index (χ3v) is 4.42. The Morgan fingerprint density at radius 3 is 2.57 bits per heavy atom. The van der Waals surface area contributed by atoms with Gasteiger partial charge in [-0.3, -0.25) is 4.79 Å². The second kappa shape index (κ2) is 9.13. The van der Waals surface area contributed by atoms with Crippen LogP contribution in [0.4, 0.5) is 11.5 Å². The summed E-state index contributed by atoms with van der Waals surface area (Å²) >= 11 is 0. The van der Waals surface area contributed by atoms with Gasteiger partial charge in [-0.1, -0.05) is 49.7 Å². The van der Waals surface area contributed by atoms with Gasteiger partial charge in [0, 0.05) is 29.4 Å². The third-order valence-electron chi connectivity index (χ3n) is 4.42. The summed E-state index contributed by atoms with van der Waals surface area (Å²) < 4.78 is 0. The van der Waals surface area contributed by atoms with Crippen LogP contribution in [0.25, 0.3) is 11.3 Å². The van der Waals surface area contributed by atoms with Gasteiger partial charge in [-0.15, -0.1) is 0 Å². The first-order valence-electron chi connectivity index (χ1n) is 9.55. The Balaban J connectivity index is 1.71. The number of carbonyl (C=O) groups excluding carboxylic acids is 1. The van der Waals surface area contributed by atoms with Gasteiger partial charge in [0.15, 0.2) is 0 Å². The van der Waals surface area contributed by atoms with Gasteiger partial charge in [0.05, 0.1) is 5.69 Å². The number of nitrogens with one attached hydrogen (secondary N) is 2. The minimum atomic E-state index is -0.0627. The van der Waals surface area contributed by atoms with Crippen LogP contribution in [-0.4, -0.2) is 22.4 Å². The molecule has 0 spiro atoms. The number of aromatic nitrogens is 2. The molecular weight excluding hydrogens is 348 g/mol. The molecule has 0 bridgehead atoms. The summed E-state index contributed by atoms with van der Waals surface area (Å²) in [5.41, 5.74) is 4.53. The molecule has 0 fully saturated rings.